The summed E-state index contributed by atoms with van der Waals surface area (Å²) in [6.45, 7) is 1.99. The zero-order valence-corrected chi connectivity index (χ0v) is 11.6. The van der Waals surface area contributed by atoms with Gasteiger partial charge in [-0.3, -0.25) is 5.84 Å². The number of hydrogen-bond donors (Lipinski definition) is 2. The molecule has 2 aromatic rings. The number of halogens is 2. The molecule has 0 aliphatic rings. The van der Waals surface area contributed by atoms with E-state index in [9.17, 15) is 4.39 Å². The summed E-state index contributed by atoms with van der Waals surface area (Å²) in [6.07, 6.45) is 0. The van der Waals surface area contributed by atoms with Crippen molar-refractivity contribution in [3.63, 3.8) is 0 Å². The predicted molar refractivity (Wildman–Crippen MR) is 72.3 cm³/mol. The molecule has 1 unspecified atom stereocenters. The standard InChI is InChI=1S/C12H12BrFN2S/c1-7-5-17-6-10(7)12(16-15)9-4-8(13)2-3-11(9)14/h2-6,12,16H,15H2,1H3. The minimum atomic E-state index is -0.321. The van der Waals surface area contributed by atoms with E-state index in [1.165, 1.54) is 6.07 Å². The second-order valence-electron chi connectivity index (χ2n) is 3.78. The van der Waals surface area contributed by atoms with Crippen LogP contribution < -0.4 is 11.3 Å². The van der Waals surface area contributed by atoms with Crippen LogP contribution >= 0.6 is 27.3 Å². The van der Waals surface area contributed by atoms with Crippen molar-refractivity contribution in [1.82, 2.24) is 5.43 Å². The van der Waals surface area contributed by atoms with Crippen molar-refractivity contribution in [1.29, 1.82) is 0 Å². The van der Waals surface area contributed by atoms with Crippen molar-refractivity contribution in [2.24, 2.45) is 5.84 Å². The minimum absolute atomic E-state index is 0.262. The van der Waals surface area contributed by atoms with Gasteiger partial charge in [-0.15, -0.1) is 0 Å². The highest BCUT2D eigenvalue weighted by molar-refractivity contribution is 9.10. The first kappa shape index (κ1) is 12.7. The van der Waals surface area contributed by atoms with E-state index in [0.29, 0.717) is 5.56 Å². The van der Waals surface area contributed by atoms with Crippen molar-refractivity contribution in [3.8, 4) is 0 Å². The van der Waals surface area contributed by atoms with E-state index < -0.39 is 0 Å². The summed E-state index contributed by atoms with van der Waals surface area (Å²) in [5.41, 5.74) is 5.34. The summed E-state index contributed by atoms with van der Waals surface area (Å²) in [7, 11) is 0. The Morgan fingerprint density at radius 1 is 1.35 bits per heavy atom. The lowest BCUT2D eigenvalue weighted by Crippen LogP contribution is -2.29. The fraction of sp³-hybridized carbons (Fsp3) is 0.167. The van der Waals surface area contributed by atoms with Gasteiger partial charge in [0.25, 0.3) is 0 Å². The molecule has 0 spiro atoms. The number of nitrogens with two attached hydrogens (primary N) is 1. The van der Waals surface area contributed by atoms with Crippen LogP contribution in [0.3, 0.4) is 0 Å². The first-order valence-electron chi connectivity index (χ1n) is 5.07. The summed E-state index contributed by atoms with van der Waals surface area (Å²) >= 11 is 4.93. The smallest absolute Gasteiger partial charge is 0.128 e. The quantitative estimate of drug-likeness (QED) is 0.672. The molecule has 1 atom stereocenters. The maximum atomic E-state index is 13.8. The number of rotatable bonds is 3. The number of hydrazine groups is 1. The minimum Gasteiger partial charge on any atom is -0.271 e. The zero-order valence-electron chi connectivity index (χ0n) is 9.21. The lowest BCUT2D eigenvalue weighted by Gasteiger charge is -2.17. The largest absolute Gasteiger partial charge is 0.271 e. The maximum Gasteiger partial charge on any atom is 0.128 e. The highest BCUT2D eigenvalue weighted by Gasteiger charge is 2.19. The Kier molecular flexibility index (Phi) is 3.93. The SMILES string of the molecule is Cc1cscc1C(NN)c1cc(Br)ccc1F. The van der Waals surface area contributed by atoms with Gasteiger partial charge in [0.15, 0.2) is 0 Å². The van der Waals surface area contributed by atoms with Crippen LogP contribution in [0.15, 0.2) is 33.4 Å². The number of hydrogen-bond acceptors (Lipinski definition) is 3. The molecule has 0 saturated carbocycles. The second-order valence-corrected chi connectivity index (χ2v) is 5.43. The molecule has 0 saturated heterocycles. The van der Waals surface area contributed by atoms with Crippen LogP contribution in [0, 0.1) is 12.7 Å². The molecule has 1 aromatic heterocycles. The van der Waals surface area contributed by atoms with Gasteiger partial charge >= 0.3 is 0 Å². The molecule has 1 heterocycles. The molecule has 0 fully saturated rings. The van der Waals surface area contributed by atoms with Crippen LogP contribution in [0.5, 0.6) is 0 Å². The molecule has 2 nitrogen and oxygen atoms in total. The van der Waals surface area contributed by atoms with Crippen LogP contribution in [0.2, 0.25) is 0 Å². The lowest BCUT2D eigenvalue weighted by atomic mass is 9.99. The Hall–Kier alpha value is -0.750. The van der Waals surface area contributed by atoms with E-state index in [4.69, 9.17) is 5.84 Å². The highest BCUT2D eigenvalue weighted by atomic mass is 79.9. The van der Waals surface area contributed by atoms with Gasteiger partial charge in [0.1, 0.15) is 5.82 Å². The zero-order chi connectivity index (χ0) is 12.4. The van der Waals surface area contributed by atoms with Gasteiger partial charge in [-0.25, -0.2) is 9.82 Å². The molecule has 90 valence electrons. The van der Waals surface area contributed by atoms with E-state index in [0.717, 1.165) is 15.6 Å². The van der Waals surface area contributed by atoms with E-state index in [1.54, 1.807) is 23.5 Å². The van der Waals surface area contributed by atoms with Crippen LogP contribution in [0.4, 0.5) is 4.39 Å². The van der Waals surface area contributed by atoms with Gasteiger partial charge in [-0.2, -0.15) is 11.3 Å². The molecular weight excluding hydrogens is 303 g/mol. The Balaban J connectivity index is 2.49. The van der Waals surface area contributed by atoms with E-state index in [2.05, 4.69) is 21.4 Å². The molecule has 17 heavy (non-hydrogen) atoms. The molecule has 1 aromatic carbocycles. The fourth-order valence-corrected chi connectivity index (χ4v) is 3.00. The lowest BCUT2D eigenvalue weighted by molar-refractivity contribution is 0.559. The Bertz CT molecular complexity index is 527. The van der Waals surface area contributed by atoms with E-state index in [-0.39, 0.29) is 11.9 Å². The fourth-order valence-electron chi connectivity index (χ4n) is 1.75. The topological polar surface area (TPSA) is 38.0 Å². The first-order valence-corrected chi connectivity index (χ1v) is 6.81. The Morgan fingerprint density at radius 2 is 2.12 bits per heavy atom. The van der Waals surface area contributed by atoms with E-state index in [1.807, 2.05) is 17.7 Å². The Labute approximate surface area is 112 Å². The number of nitrogens with one attached hydrogen (secondary N) is 1. The first-order chi connectivity index (χ1) is 8.13. The van der Waals surface area contributed by atoms with Crippen LogP contribution in [-0.4, -0.2) is 0 Å². The second kappa shape index (κ2) is 5.27. The summed E-state index contributed by atoms with van der Waals surface area (Å²) in [6, 6.07) is 4.54. The normalized spacial score (nSPS) is 12.7. The molecule has 2 rings (SSSR count). The van der Waals surface area contributed by atoms with Gasteiger partial charge in [-0.1, -0.05) is 15.9 Å². The monoisotopic (exact) mass is 314 g/mol. The molecular formula is C12H12BrFN2S. The maximum absolute atomic E-state index is 13.8. The van der Waals surface area contributed by atoms with Gasteiger partial charge in [-0.05, 0) is 47.0 Å². The van der Waals surface area contributed by atoms with Crippen molar-refractivity contribution in [2.75, 3.05) is 0 Å². The van der Waals surface area contributed by atoms with Crippen LogP contribution in [0.1, 0.15) is 22.7 Å². The molecule has 5 heteroatoms. The summed E-state index contributed by atoms with van der Waals surface area (Å²) < 4.78 is 14.7. The van der Waals surface area contributed by atoms with E-state index >= 15 is 0 Å². The third kappa shape index (κ3) is 2.57. The molecule has 0 aliphatic heterocycles. The molecule has 3 N–H and O–H groups in total. The predicted octanol–water partition coefficient (Wildman–Crippen LogP) is 3.51. The molecule has 0 aliphatic carbocycles. The number of benzene rings is 1. The summed E-state index contributed by atoms with van der Waals surface area (Å²) in [5.74, 6) is 5.29. The molecule has 0 bridgehead atoms. The summed E-state index contributed by atoms with van der Waals surface area (Å²) in [5, 5.41) is 4.01. The van der Waals surface area contributed by atoms with Gasteiger partial charge in [0.2, 0.25) is 0 Å². The van der Waals surface area contributed by atoms with Gasteiger partial charge < -0.3 is 0 Å². The van der Waals surface area contributed by atoms with Crippen LogP contribution in [-0.2, 0) is 0 Å². The highest BCUT2D eigenvalue weighted by Crippen LogP contribution is 2.30. The number of aryl methyl sites for hydroxylation is 1. The van der Waals surface area contributed by atoms with Crippen molar-refractivity contribution < 1.29 is 4.39 Å². The van der Waals surface area contributed by atoms with Crippen molar-refractivity contribution in [3.05, 3.63) is 55.9 Å². The third-order valence-electron chi connectivity index (χ3n) is 2.64. The van der Waals surface area contributed by atoms with Gasteiger partial charge in [0, 0.05) is 10.0 Å². The van der Waals surface area contributed by atoms with Crippen LogP contribution in [0.25, 0.3) is 0 Å². The Morgan fingerprint density at radius 3 is 2.71 bits per heavy atom. The van der Waals surface area contributed by atoms with Crippen molar-refractivity contribution >= 4 is 27.3 Å². The summed E-state index contributed by atoms with van der Waals surface area (Å²) in [4.78, 5) is 0. The van der Waals surface area contributed by atoms with Gasteiger partial charge in [0.05, 0.1) is 6.04 Å². The van der Waals surface area contributed by atoms with Crippen molar-refractivity contribution in [2.45, 2.75) is 13.0 Å². The average Bonchev–Trinajstić information content (AvgIpc) is 2.71. The molecule has 0 amide bonds. The number of thiophene rings is 1. The average molecular weight is 315 g/mol. The third-order valence-corrected chi connectivity index (χ3v) is 4.01. The molecule has 0 radical (unpaired) electrons.